The summed E-state index contributed by atoms with van der Waals surface area (Å²) < 4.78 is 13.8. The molecule has 0 aliphatic rings. The van der Waals surface area contributed by atoms with Crippen LogP contribution in [-0.2, 0) is 25.3 Å². The third kappa shape index (κ3) is 3.53. The predicted octanol–water partition coefficient (Wildman–Crippen LogP) is 2.47. The number of para-hydroxylation sites is 1. The number of rotatable bonds is 6. The zero-order valence-electron chi connectivity index (χ0n) is 15.9. The number of nitrogens with zero attached hydrogens (tertiary/aromatic N) is 2. The first-order valence-corrected chi connectivity index (χ1v) is 8.61. The smallest absolute Gasteiger partial charge is 0.328 e. The summed E-state index contributed by atoms with van der Waals surface area (Å²) in [6.07, 6.45) is 0.827. The van der Waals surface area contributed by atoms with Crippen LogP contribution in [0.2, 0.25) is 0 Å². The molecule has 0 unspecified atom stereocenters. The van der Waals surface area contributed by atoms with Gasteiger partial charge in [-0.15, -0.1) is 0 Å². The summed E-state index contributed by atoms with van der Waals surface area (Å²) in [5, 5.41) is 2.89. The molecule has 1 heterocycles. The number of carbonyl (C=O) groups excluding carboxylic acids is 1. The fourth-order valence-electron chi connectivity index (χ4n) is 3.21. The molecule has 27 heavy (non-hydrogen) atoms. The molecule has 0 aliphatic carbocycles. The van der Waals surface area contributed by atoms with Gasteiger partial charge in [0.2, 0.25) is 5.91 Å². The third-order valence-electron chi connectivity index (χ3n) is 4.66. The van der Waals surface area contributed by atoms with Crippen LogP contribution < -0.4 is 20.5 Å². The number of methoxy groups -OCH3 is 2. The largest absolute Gasteiger partial charge is 0.493 e. The van der Waals surface area contributed by atoms with Crippen molar-refractivity contribution in [2.45, 2.75) is 12.8 Å². The van der Waals surface area contributed by atoms with Crippen LogP contribution in [0.4, 0.5) is 5.69 Å². The first kappa shape index (κ1) is 18.6. The molecule has 7 nitrogen and oxygen atoms in total. The minimum atomic E-state index is -0.111. The molecule has 0 atom stereocenters. The molecule has 2 aromatic carbocycles. The fraction of sp³-hybridized carbons (Fsp3) is 0.300. The summed E-state index contributed by atoms with van der Waals surface area (Å²) in [5.41, 5.74) is 3.06. The van der Waals surface area contributed by atoms with E-state index in [9.17, 15) is 9.59 Å². The van der Waals surface area contributed by atoms with Gasteiger partial charge in [0.15, 0.2) is 11.5 Å². The van der Waals surface area contributed by atoms with Gasteiger partial charge in [0.1, 0.15) is 0 Å². The molecule has 0 radical (unpaired) electrons. The van der Waals surface area contributed by atoms with E-state index < -0.39 is 0 Å². The van der Waals surface area contributed by atoms with E-state index in [0.29, 0.717) is 30.0 Å². The zero-order valence-corrected chi connectivity index (χ0v) is 15.9. The van der Waals surface area contributed by atoms with E-state index in [1.807, 2.05) is 24.3 Å². The first-order chi connectivity index (χ1) is 13.0. The monoisotopic (exact) mass is 369 g/mol. The van der Waals surface area contributed by atoms with Crippen molar-refractivity contribution in [2.75, 3.05) is 19.5 Å². The average Bonchev–Trinajstić information content (AvgIpc) is 2.89. The fourth-order valence-corrected chi connectivity index (χ4v) is 3.21. The number of aromatic nitrogens is 2. The molecule has 0 fully saturated rings. The summed E-state index contributed by atoms with van der Waals surface area (Å²) >= 11 is 0. The minimum Gasteiger partial charge on any atom is -0.493 e. The molecule has 1 aromatic heterocycles. The highest BCUT2D eigenvalue weighted by Crippen LogP contribution is 2.31. The second kappa shape index (κ2) is 7.57. The van der Waals surface area contributed by atoms with Gasteiger partial charge >= 0.3 is 5.69 Å². The van der Waals surface area contributed by atoms with Gasteiger partial charge in [-0.05, 0) is 36.2 Å². The molecular formula is C20H23N3O4. The van der Waals surface area contributed by atoms with Gasteiger partial charge in [0.25, 0.3) is 0 Å². The number of carbonyl (C=O) groups is 1. The Kier molecular flexibility index (Phi) is 5.21. The molecule has 0 saturated heterocycles. The van der Waals surface area contributed by atoms with Crippen LogP contribution in [0.15, 0.2) is 41.2 Å². The highest BCUT2D eigenvalue weighted by molar-refractivity contribution is 5.93. The summed E-state index contributed by atoms with van der Waals surface area (Å²) in [6.45, 7) is 0. The Morgan fingerprint density at radius 2 is 1.78 bits per heavy atom. The van der Waals surface area contributed by atoms with Crippen molar-refractivity contribution in [1.82, 2.24) is 9.13 Å². The van der Waals surface area contributed by atoms with Gasteiger partial charge in [-0.2, -0.15) is 0 Å². The molecule has 0 bridgehead atoms. The lowest BCUT2D eigenvalue weighted by molar-refractivity contribution is -0.116. The Labute approximate surface area is 157 Å². The highest BCUT2D eigenvalue weighted by atomic mass is 16.5. The molecule has 0 saturated carbocycles. The molecular weight excluding hydrogens is 346 g/mol. The van der Waals surface area contributed by atoms with Gasteiger partial charge in [-0.1, -0.05) is 12.1 Å². The summed E-state index contributed by atoms with van der Waals surface area (Å²) in [7, 11) is 6.61. The number of imidazole rings is 1. The average molecular weight is 369 g/mol. The Bertz CT molecular complexity index is 1050. The van der Waals surface area contributed by atoms with Crippen LogP contribution in [0.25, 0.3) is 11.0 Å². The number of hydrogen-bond acceptors (Lipinski definition) is 4. The van der Waals surface area contributed by atoms with Gasteiger partial charge in [-0.3, -0.25) is 13.9 Å². The van der Waals surface area contributed by atoms with E-state index in [1.54, 1.807) is 49.6 Å². The lowest BCUT2D eigenvalue weighted by Crippen LogP contribution is -2.19. The number of ether oxygens (including phenoxy) is 2. The van der Waals surface area contributed by atoms with E-state index in [2.05, 4.69) is 5.32 Å². The van der Waals surface area contributed by atoms with Crippen molar-refractivity contribution in [3.8, 4) is 11.5 Å². The lowest BCUT2D eigenvalue weighted by atomic mass is 10.1. The SMILES string of the molecule is COc1cccc(CCC(=O)Nc2ccc3c(c2)n(C)c(=O)n3C)c1OC. The number of anilines is 1. The number of nitrogens with one attached hydrogen (secondary N) is 1. The van der Waals surface area contributed by atoms with E-state index in [-0.39, 0.29) is 11.6 Å². The lowest BCUT2D eigenvalue weighted by Gasteiger charge is -2.12. The number of amides is 1. The topological polar surface area (TPSA) is 74.5 Å². The Balaban J connectivity index is 1.73. The Morgan fingerprint density at radius 3 is 2.48 bits per heavy atom. The van der Waals surface area contributed by atoms with Crippen molar-refractivity contribution in [1.29, 1.82) is 0 Å². The molecule has 1 N–H and O–H groups in total. The van der Waals surface area contributed by atoms with Crippen LogP contribution in [0.3, 0.4) is 0 Å². The normalized spacial score (nSPS) is 10.8. The first-order valence-electron chi connectivity index (χ1n) is 8.61. The molecule has 142 valence electrons. The van der Waals surface area contributed by atoms with E-state index in [0.717, 1.165) is 16.6 Å². The van der Waals surface area contributed by atoms with Crippen molar-refractivity contribution in [3.05, 3.63) is 52.4 Å². The second-order valence-corrected chi connectivity index (χ2v) is 6.30. The van der Waals surface area contributed by atoms with E-state index in [4.69, 9.17) is 9.47 Å². The second-order valence-electron chi connectivity index (χ2n) is 6.30. The van der Waals surface area contributed by atoms with Crippen LogP contribution in [0.5, 0.6) is 11.5 Å². The van der Waals surface area contributed by atoms with Crippen LogP contribution in [-0.4, -0.2) is 29.3 Å². The van der Waals surface area contributed by atoms with Gasteiger partial charge in [0, 0.05) is 26.2 Å². The molecule has 1 amide bonds. The molecule has 3 aromatic rings. The standard InChI is InChI=1S/C20H23N3O4/c1-22-15-10-9-14(12-16(15)23(2)20(22)25)21-18(24)11-8-13-6-5-7-17(26-3)19(13)27-4/h5-7,9-10,12H,8,11H2,1-4H3,(H,21,24). The quantitative estimate of drug-likeness (QED) is 0.724. The maximum atomic E-state index is 12.4. The van der Waals surface area contributed by atoms with Crippen molar-refractivity contribution < 1.29 is 14.3 Å². The summed E-state index contributed by atoms with van der Waals surface area (Å²) in [4.78, 5) is 24.4. The molecule has 0 spiro atoms. The summed E-state index contributed by atoms with van der Waals surface area (Å²) in [5.74, 6) is 1.18. The number of fused-ring (bicyclic) bond motifs is 1. The number of hydrogen-bond donors (Lipinski definition) is 1. The zero-order chi connectivity index (χ0) is 19.6. The van der Waals surface area contributed by atoms with Crippen molar-refractivity contribution >= 4 is 22.6 Å². The number of aryl methyl sites for hydroxylation is 3. The molecule has 0 aliphatic heterocycles. The van der Waals surface area contributed by atoms with E-state index >= 15 is 0 Å². The number of benzene rings is 2. The Morgan fingerprint density at radius 1 is 1.04 bits per heavy atom. The molecule has 7 heteroatoms. The van der Waals surface area contributed by atoms with Crippen LogP contribution in [0, 0.1) is 0 Å². The van der Waals surface area contributed by atoms with E-state index in [1.165, 1.54) is 0 Å². The molecule has 3 rings (SSSR count). The highest BCUT2D eigenvalue weighted by Gasteiger charge is 2.12. The van der Waals surface area contributed by atoms with Crippen molar-refractivity contribution in [3.63, 3.8) is 0 Å². The Hall–Kier alpha value is -3.22. The van der Waals surface area contributed by atoms with Crippen LogP contribution >= 0.6 is 0 Å². The van der Waals surface area contributed by atoms with Crippen LogP contribution in [0.1, 0.15) is 12.0 Å². The summed E-state index contributed by atoms with van der Waals surface area (Å²) in [6, 6.07) is 11.0. The minimum absolute atomic E-state index is 0.0985. The predicted molar refractivity (Wildman–Crippen MR) is 105 cm³/mol. The van der Waals surface area contributed by atoms with Gasteiger partial charge in [0.05, 0.1) is 25.3 Å². The third-order valence-corrected chi connectivity index (χ3v) is 4.66. The maximum absolute atomic E-state index is 12.4. The van der Waals surface area contributed by atoms with Gasteiger partial charge in [-0.25, -0.2) is 4.79 Å². The maximum Gasteiger partial charge on any atom is 0.328 e. The van der Waals surface area contributed by atoms with Gasteiger partial charge < -0.3 is 14.8 Å². The van der Waals surface area contributed by atoms with Crippen molar-refractivity contribution in [2.24, 2.45) is 14.1 Å².